The van der Waals surface area contributed by atoms with Gasteiger partial charge in [-0.3, -0.25) is 9.67 Å². The Morgan fingerprint density at radius 2 is 2.15 bits per heavy atom. The molecular formula is C18H20FN7. The molecule has 0 saturated carbocycles. The minimum absolute atomic E-state index is 0.174. The van der Waals surface area contributed by atoms with Gasteiger partial charge in [-0.05, 0) is 32.0 Å². The number of hydrazone groups is 1. The summed E-state index contributed by atoms with van der Waals surface area (Å²) in [6.45, 7) is 4.49. The summed E-state index contributed by atoms with van der Waals surface area (Å²) < 4.78 is 15.9. The molecule has 0 aliphatic rings. The van der Waals surface area contributed by atoms with E-state index in [4.69, 9.17) is 11.6 Å². The van der Waals surface area contributed by atoms with E-state index in [1.165, 1.54) is 12.3 Å². The number of aliphatic imine (C=N–C) groups is 1. The molecule has 0 aliphatic carbocycles. The van der Waals surface area contributed by atoms with Crippen LogP contribution in [0.2, 0.25) is 0 Å². The van der Waals surface area contributed by atoms with Crippen LogP contribution in [-0.4, -0.2) is 26.7 Å². The molecule has 4 N–H and O–H groups in total. The van der Waals surface area contributed by atoms with Crippen molar-refractivity contribution in [1.29, 1.82) is 0 Å². The fourth-order valence-electron chi connectivity index (χ4n) is 2.59. The number of nitrogen functional groups attached to an aromatic ring is 1. The fourth-order valence-corrected chi connectivity index (χ4v) is 2.59. The summed E-state index contributed by atoms with van der Waals surface area (Å²) >= 11 is 0. The first-order valence-corrected chi connectivity index (χ1v) is 8.16. The molecule has 0 amide bonds. The topological polar surface area (TPSA) is 107 Å². The molecule has 3 aromatic rings. The van der Waals surface area contributed by atoms with Crippen molar-refractivity contribution in [3.8, 4) is 0 Å². The number of hydrogen-bond acceptors (Lipinski definition) is 6. The number of para-hydroxylation sites is 1. The van der Waals surface area contributed by atoms with Crippen LogP contribution in [0.4, 0.5) is 10.2 Å². The van der Waals surface area contributed by atoms with Gasteiger partial charge in [0.05, 0.1) is 12.2 Å². The fraction of sp³-hybridized carbons (Fsp3) is 0.222. The minimum atomic E-state index is -0.455. The third-order valence-electron chi connectivity index (χ3n) is 3.88. The van der Waals surface area contributed by atoms with E-state index in [0.29, 0.717) is 23.2 Å². The largest absolute Gasteiger partial charge is 0.384 e. The Morgan fingerprint density at radius 3 is 2.85 bits per heavy atom. The van der Waals surface area contributed by atoms with Gasteiger partial charge in [0.2, 0.25) is 0 Å². The minimum Gasteiger partial charge on any atom is -0.384 e. The van der Waals surface area contributed by atoms with Gasteiger partial charge in [0, 0.05) is 29.4 Å². The molecule has 2 aromatic heterocycles. The van der Waals surface area contributed by atoms with Gasteiger partial charge in [-0.2, -0.15) is 10.2 Å². The number of pyridine rings is 1. The normalized spacial score (nSPS) is 12.5. The predicted octanol–water partition coefficient (Wildman–Crippen LogP) is 2.67. The van der Waals surface area contributed by atoms with Crippen molar-refractivity contribution in [2.45, 2.75) is 26.4 Å². The second-order valence-electron chi connectivity index (χ2n) is 6.10. The molecule has 134 valence electrons. The van der Waals surface area contributed by atoms with Crippen LogP contribution in [-0.2, 0) is 6.54 Å². The SMILES string of the molecule is CC(C)n1ccc(CN=CC(=NN)c2cc(N)nc3c(F)cccc23)n1. The number of nitrogens with zero attached hydrogens (tertiary/aromatic N) is 5. The van der Waals surface area contributed by atoms with E-state index in [1.54, 1.807) is 18.2 Å². The number of anilines is 1. The van der Waals surface area contributed by atoms with Gasteiger partial charge < -0.3 is 11.6 Å². The number of halogens is 1. The molecule has 0 radical (unpaired) electrons. The van der Waals surface area contributed by atoms with Crippen molar-refractivity contribution >= 4 is 28.6 Å². The molecule has 0 fully saturated rings. The Hall–Kier alpha value is -3.29. The molecule has 26 heavy (non-hydrogen) atoms. The Bertz CT molecular complexity index is 988. The number of fused-ring (bicyclic) bond motifs is 1. The smallest absolute Gasteiger partial charge is 0.149 e. The number of aromatic nitrogens is 3. The lowest BCUT2D eigenvalue weighted by atomic mass is 10.0. The highest BCUT2D eigenvalue weighted by Gasteiger charge is 2.12. The van der Waals surface area contributed by atoms with E-state index in [9.17, 15) is 4.39 Å². The van der Waals surface area contributed by atoms with E-state index >= 15 is 0 Å². The van der Waals surface area contributed by atoms with Crippen LogP contribution in [0, 0.1) is 5.82 Å². The second kappa shape index (κ2) is 7.30. The first-order valence-electron chi connectivity index (χ1n) is 8.16. The Labute approximate surface area is 150 Å². The van der Waals surface area contributed by atoms with Gasteiger partial charge in [-0.25, -0.2) is 9.37 Å². The van der Waals surface area contributed by atoms with Crippen molar-refractivity contribution in [3.63, 3.8) is 0 Å². The maximum atomic E-state index is 14.0. The van der Waals surface area contributed by atoms with Crippen molar-refractivity contribution in [1.82, 2.24) is 14.8 Å². The highest BCUT2D eigenvalue weighted by atomic mass is 19.1. The molecule has 3 rings (SSSR count). The Morgan fingerprint density at radius 1 is 1.35 bits per heavy atom. The van der Waals surface area contributed by atoms with Gasteiger partial charge in [0.25, 0.3) is 0 Å². The molecule has 2 heterocycles. The average molecular weight is 353 g/mol. The average Bonchev–Trinajstić information content (AvgIpc) is 3.08. The molecule has 0 aliphatic heterocycles. The van der Waals surface area contributed by atoms with Crippen molar-refractivity contribution < 1.29 is 4.39 Å². The van der Waals surface area contributed by atoms with Crippen LogP contribution in [0.15, 0.2) is 46.6 Å². The zero-order chi connectivity index (χ0) is 18.7. The zero-order valence-corrected chi connectivity index (χ0v) is 14.6. The van der Waals surface area contributed by atoms with Crippen molar-refractivity contribution in [3.05, 3.63) is 53.6 Å². The van der Waals surface area contributed by atoms with Crippen LogP contribution in [0.5, 0.6) is 0 Å². The molecule has 0 atom stereocenters. The van der Waals surface area contributed by atoms with Crippen LogP contribution < -0.4 is 11.6 Å². The lowest BCUT2D eigenvalue weighted by Gasteiger charge is -2.07. The van der Waals surface area contributed by atoms with Crippen LogP contribution in [0.1, 0.15) is 31.1 Å². The zero-order valence-electron chi connectivity index (χ0n) is 14.6. The van der Waals surface area contributed by atoms with Crippen molar-refractivity contribution in [2.24, 2.45) is 15.9 Å². The number of rotatable bonds is 5. The second-order valence-corrected chi connectivity index (χ2v) is 6.10. The van der Waals surface area contributed by atoms with Gasteiger partial charge in [-0.1, -0.05) is 12.1 Å². The summed E-state index contributed by atoms with van der Waals surface area (Å²) in [5, 5.41) is 8.78. The molecule has 0 bridgehead atoms. The van der Waals surface area contributed by atoms with Crippen LogP contribution in [0.25, 0.3) is 10.9 Å². The third kappa shape index (κ3) is 3.53. The quantitative estimate of drug-likeness (QED) is 0.418. The summed E-state index contributed by atoms with van der Waals surface area (Å²) in [7, 11) is 0. The summed E-state index contributed by atoms with van der Waals surface area (Å²) in [5.41, 5.74) is 7.77. The van der Waals surface area contributed by atoms with Gasteiger partial charge >= 0.3 is 0 Å². The molecule has 0 spiro atoms. The number of nitrogens with two attached hydrogens (primary N) is 2. The Kier molecular flexibility index (Phi) is 4.92. The summed E-state index contributed by atoms with van der Waals surface area (Å²) in [4.78, 5) is 8.40. The summed E-state index contributed by atoms with van der Waals surface area (Å²) in [6.07, 6.45) is 3.45. The van der Waals surface area contributed by atoms with E-state index in [1.807, 2.05) is 16.9 Å². The van der Waals surface area contributed by atoms with Crippen LogP contribution in [0.3, 0.4) is 0 Å². The maximum absolute atomic E-state index is 14.0. The van der Waals surface area contributed by atoms with Gasteiger partial charge in [0.1, 0.15) is 22.9 Å². The molecule has 0 unspecified atom stereocenters. The lowest BCUT2D eigenvalue weighted by Crippen LogP contribution is -2.09. The summed E-state index contributed by atoms with van der Waals surface area (Å²) in [5.74, 6) is 5.26. The Balaban J connectivity index is 1.89. The van der Waals surface area contributed by atoms with E-state index in [2.05, 4.69) is 34.0 Å². The third-order valence-corrected chi connectivity index (χ3v) is 3.88. The maximum Gasteiger partial charge on any atom is 0.149 e. The highest BCUT2D eigenvalue weighted by Crippen LogP contribution is 2.22. The van der Waals surface area contributed by atoms with Gasteiger partial charge in [0.15, 0.2) is 0 Å². The standard InChI is InChI=1S/C18H20FN7/c1-11(2)26-7-6-12(25-26)9-22-10-16(24-21)14-8-17(20)23-18-13(14)4-3-5-15(18)19/h3-8,10-11H,9,21H2,1-2H3,(H2,20,23). The highest BCUT2D eigenvalue weighted by molar-refractivity contribution is 6.40. The van der Waals surface area contributed by atoms with E-state index in [-0.39, 0.29) is 17.4 Å². The van der Waals surface area contributed by atoms with Crippen molar-refractivity contribution in [2.75, 3.05) is 5.73 Å². The molecule has 7 nitrogen and oxygen atoms in total. The van der Waals surface area contributed by atoms with Gasteiger partial charge in [-0.15, -0.1) is 0 Å². The number of benzene rings is 1. The lowest BCUT2D eigenvalue weighted by molar-refractivity contribution is 0.526. The van der Waals surface area contributed by atoms with E-state index in [0.717, 1.165) is 5.69 Å². The first-order chi connectivity index (χ1) is 12.5. The first kappa shape index (κ1) is 17.5. The van der Waals surface area contributed by atoms with Crippen LogP contribution >= 0.6 is 0 Å². The monoisotopic (exact) mass is 353 g/mol. The molecule has 8 heteroatoms. The predicted molar refractivity (Wildman–Crippen MR) is 102 cm³/mol. The molecule has 0 saturated heterocycles. The molecular weight excluding hydrogens is 333 g/mol. The number of hydrogen-bond donors (Lipinski definition) is 2. The summed E-state index contributed by atoms with van der Waals surface area (Å²) in [6, 6.07) is 8.47. The molecule has 1 aromatic carbocycles. The van der Waals surface area contributed by atoms with E-state index < -0.39 is 5.82 Å².